The Bertz CT molecular complexity index is 694. The van der Waals surface area contributed by atoms with Crippen LogP contribution in [0.2, 0.25) is 0 Å². The summed E-state index contributed by atoms with van der Waals surface area (Å²) in [5, 5.41) is 2.78. The molecule has 1 aromatic rings. The molecular formula is C20H32N5O3+. The normalized spacial score (nSPS) is 16.0. The Hall–Kier alpha value is -2.61. The Morgan fingerprint density at radius 3 is 2.21 bits per heavy atom. The molecule has 154 valence electrons. The Kier molecular flexibility index (Phi) is 7.39. The van der Waals surface area contributed by atoms with Crippen LogP contribution in [0, 0.1) is 5.92 Å². The number of likely N-dealkylation sites (N-methyl/N-ethyl adjacent to an activating group) is 1. The molecule has 1 aliphatic rings. The van der Waals surface area contributed by atoms with Crippen LogP contribution in [0.4, 0.5) is 5.69 Å². The Morgan fingerprint density at radius 1 is 1.18 bits per heavy atom. The minimum atomic E-state index is -0.603. The van der Waals surface area contributed by atoms with Crippen LogP contribution in [-0.4, -0.2) is 70.4 Å². The second-order valence-corrected chi connectivity index (χ2v) is 7.79. The number of anilines is 1. The van der Waals surface area contributed by atoms with Crippen molar-refractivity contribution in [2.45, 2.75) is 18.9 Å². The highest BCUT2D eigenvalue weighted by molar-refractivity contribution is 6.35. The minimum Gasteiger partial charge on any atom is -0.378 e. The van der Waals surface area contributed by atoms with Gasteiger partial charge in [0, 0.05) is 44.4 Å². The largest absolute Gasteiger partial charge is 0.378 e. The molecule has 0 aliphatic carbocycles. The summed E-state index contributed by atoms with van der Waals surface area (Å²) >= 11 is 0. The second-order valence-electron chi connectivity index (χ2n) is 7.79. The molecule has 8 nitrogen and oxygen atoms in total. The molecule has 1 aliphatic heterocycles. The van der Waals surface area contributed by atoms with Crippen molar-refractivity contribution < 1.29 is 19.3 Å². The lowest BCUT2D eigenvalue weighted by atomic mass is 9.96. The van der Waals surface area contributed by atoms with Gasteiger partial charge in [-0.15, -0.1) is 0 Å². The predicted octanol–water partition coefficient (Wildman–Crippen LogP) is -1.22. The molecule has 1 aromatic carbocycles. The van der Waals surface area contributed by atoms with E-state index in [0.717, 1.165) is 16.2 Å². The van der Waals surface area contributed by atoms with E-state index in [1.807, 2.05) is 45.2 Å². The molecule has 0 unspecified atom stereocenters. The van der Waals surface area contributed by atoms with Gasteiger partial charge in [0.1, 0.15) is 6.04 Å². The van der Waals surface area contributed by atoms with Crippen LogP contribution in [0.3, 0.4) is 0 Å². The number of primary amides is 1. The molecule has 2 rings (SSSR count). The quantitative estimate of drug-likeness (QED) is 0.530. The number of amides is 3. The highest BCUT2D eigenvalue weighted by atomic mass is 16.2. The van der Waals surface area contributed by atoms with E-state index in [-0.39, 0.29) is 17.9 Å². The van der Waals surface area contributed by atoms with Crippen LogP contribution in [0.15, 0.2) is 24.3 Å². The minimum absolute atomic E-state index is 0.0357. The van der Waals surface area contributed by atoms with E-state index in [4.69, 9.17) is 5.73 Å². The SMILES string of the molecule is CN(C)c1ccc([C@@H](CNC(=O)C(=O)N2CCC(C(N)=O)CC2)[NH+](C)C)cc1. The van der Waals surface area contributed by atoms with Crippen LogP contribution in [-0.2, 0) is 14.4 Å². The zero-order valence-corrected chi connectivity index (χ0v) is 17.2. The topological polar surface area (TPSA) is 100 Å². The number of likely N-dealkylation sites (tertiary alicyclic amines) is 1. The maximum absolute atomic E-state index is 12.4. The summed E-state index contributed by atoms with van der Waals surface area (Å²) in [7, 11) is 8.02. The number of hydrogen-bond donors (Lipinski definition) is 3. The van der Waals surface area contributed by atoms with E-state index in [9.17, 15) is 14.4 Å². The summed E-state index contributed by atoms with van der Waals surface area (Å²) in [5.74, 6) is -1.69. The van der Waals surface area contributed by atoms with E-state index >= 15 is 0 Å². The summed E-state index contributed by atoms with van der Waals surface area (Å²) < 4.78 is 0. The molecule has 1 atom stereocenters. The number of benzene rings is 1. The van der Waals surface area contributed by atoms with E-state index < -0.39 is 11.8 Å². The van der Waals surface area contributed by atoms with Crippen LogP contribution in [0.5, 0.6) is 0 Å². The number of carbonyl (C=O) groups is 3. The first kappa shape index (κ1) is 21.7. The first-order valence-corrected chi connectivity index (χ1v) is 9.64. The summed E-state index contributed by atoms with van der Waals surface area (Å²) in [5.41, 5.74) is 7.52. The lowest BCUT2D eigenvalue weighted by Crippen LogP contribution is -3.07. The summed E-state index contributed by atoms with van der Waals surface area (Å²) in [6.07, 6.45) is 1.02. The first-order chi connectivity index (χ1) is 13.2. The van der Waals surface area contributed by atoms with Crippen LogP contribution >= 0.6 is 0 Å². The average Bonchev–Trinajstić information content (AvgIpc) is 2.67. The van der Waals surface area contributed by atoms with Crippen LogP contribution in [0.25, 0.3) is 0 Å². The molecule has 0 saturated carbocycles. The highest BCUT2D eigenvalue weighted by Gasteiger charge is 2.30. The average molecular weight is 391 g/mol. The van der Waals surface area contributed by atoms with Gasteiger partial charge < -0.3 is 25.8 Å². The summed E-state index contributed by atoms with van der Waals surface area (Å²) in [4.78, 5) is 40.7. The first-order valence-electron chi connectivity index (χ1n) is 9.64. The highest BCUT2D eigenvalue weighted by Crippen LogP contribution is 2.17. The number of piperidine rings is 1. The van der Waals surface area contributed by atoms with Gasteiger partial charge in [-0.25, -0.2) is 0 Å². The van der Waals surface area contributed by atoms with Crippen molar-refractivity contribution in [3.8, 4) is 0 Å². The van der Waals surface area contributed by atoms with E-state index in [0.29, 0.717) is 32.5 Å². The van der Waals surface area contributed by atoms with Gasteiger partial charge in [0.2, 0.25) is 5.91 Å². The monoisotopic (exact) mass is 390 g/mol. The van der Waals surface area contributed by atoms with Gasteiger partial charge in [-0.1, -0.05) is 12.1 Å². The Labute approximate surface area is 166 Å². The summed E-state index contributed by atoms with van der Waals surface area (Å²) in [6, 6.07) is 8.22. The maximum Gasteiger partial charge on any atom is 0.311 e. The number of carbonyl (C=O) groups excluding carboxylic acids is 3. The predicted molar refractivity (Wildman–Crippen MR) is 108 cm³/mol. The lowest BCUT2D eigenvalue weighted by molar-refractivity contribution is -0.890. The smallest absolute Gasteiger partial charge is 0.311 e. The molecular weight excluding hydrogens is 358 g/mol. The van der Waals surface area contributed by atoms with Crippen molar-refractivity contribution in [1.29, 1.82) is 0 Å². The molecule has 3 amide bonds. The van der Waals surface area contributed by atoms with Crippen LogP contribution < -0.4 is 20.9 Å². The van der Waals surface area contributed by atoms with Gasteiger partial charge in [0.15, 0.2) is 0 Å². The van der Waals surface area contributed by atoms with Gasteiger partial charge >= 0.3 is 11.8 Å². The zero-order chi connectivity index (χ0) is 20.8. The Balaban J connectivity index is 1.93. The zero-order valence-electron chi connectivity index (χ0n) is 17.2. The fraction of sp³-hybridized carbons (Fsp3) is 0.550. The van der Waals surface area contributed by atoms with Crippen molar-refractivity contribution in [3.63, 3.8) is 0 Å². The van der Waals surface area contributed by atoms with Crippen molar-refractivity contribution in [3.05, 3.63) is 29.8 Å². The van der Waals surface area contributed by atoms with Crippen molar-refractivity contribution in [2.75, 3.05) is 52.7 Å². The number of hydrogen-bond acceptors (Lipinski definition) is 4. The third-order valence-electron chi connectivity index (χ3n) is 5.35. The fourth-order valence-electron chi connectivity index (χ4n) is 3.44. The van der Waals surface area contributed by atoms with Crippen LogP contribution in [0.1, 0.15) is 24.4 Å². The van der Waals surface area contributed by atoms with E-state index in [1.54, 1.807) is 0 Å². The third kappa shape index (κ3) is 5.45. The molecule has 0 aromatic heterocycles. The molecule has 1 heterocycles. The van der Waals surface area contributed by atoms with E-state index in [1.165, 1.54) is 4.90 Å². The van der Waals surface area contributed by atoms with Crippen molar-refractivity contribution in [2.24, 2.45) is 11.7 Å². The van der Waals surface area contributed by atoms with Gasteiger partial charge in [0.25, 0.3) is 0 Å². The summed E-state index contributed by atoms with van der Waals surface area (Å²) in [6.45, 7) is 1.13. The van der Waals surface area contributed by atoms with Crippen molar-refractivity contribution >= 4 is 23.4 Å². The molecule has 1 saturated heterocycles. The fourth-order valence-corrected chi connectivity index (χ4v) is 3.44. The number of rotatable bonds is 6. The second kappa shape index (κ2) is 9.54. The number of nitrogens with two attached hydrogens (primary N) is 1. The molecule has 0 radical (unpaired) electrons. The van der Waals surface area contributed by atoms with E-state index in [2.05, 4.69) is 17.4 Å². The maximum atomic E-state index is 12.4. The lowest BCUT2D eigenvalue weighted by Gasteiger charge is -2.30. The number of quaternary nitrogens is 1. The van der Waals surface area contributed by atoms with Gasteiger partial charge in [-0.3, -0.25) is 14.4 Å². The van der Waals surface area contributed by atoms with Gasteiger partial charge in [-0.05, 0) is 25.0 Å². The van der Waals surface area contributed by atoms with Crippen molar-refractivity contribution in [1.82, 2.24) is 10.2 Å². The molecule has 1 fully saturated rings. The number of nitrogens with one attached hydrogen (secondary N) is 2. The Morgan fingerprint density at radius 2 is 1.75 bits per heavy atom. The molecule has 4 N–H and O–H groups in total. The van der Waals surface area contributed by atoms with Gasteiger partial charge in [-0.2, -0.15) is 0 Å². The number of nitrogens with zero attached hydrogens (tertiary/aromatic N) is 2. The molecule has 0 spiro atoms. The molecule has 8 heteroatoms. The standard InChI is InChI=1S/C20H31N5O3/c1-23(2)16-7-5-14(6-8-16)17(24(3)4)13-22-19(27)20(28)25-11-9-15(10-12-25)18(21)26/h5-8,15,17H,9-13H2,1-4H3,(H2,21,26)(H,22,27)/p+1/t17-/m1/s1. The molecule has 28 heavy (non-hydrogen) atoms. The molecule has 0 bridgehead atoms. The third-order valence-corrected chi connectivity index (χ3v) is 5.35. The van der Waals surface area contributed by atoms with Gasteiger partial charge in [0.05, 0.1) is 20.6 Å².